The van der Waals surface area contributed by atoms with Gasteiger partial charge in [-0.1, -0.05) is 6.07 Å². The maximum absolute atomic E-state index is 12.3. The van der Waals surface area contributed by atoms with Crippen LogP contribution in [0.25, 0.3) is 0 Å². The molecule has 1 unspecified atom stereocenters. The second-order valence-corrected chi connectivity index (χ2v) is 4.91. The minimum absolute atomic E-state index is 0.0393. The summed E-state index contributed by atoms with van der Waals surface area (Å²) in [6.45, 7) is 2.29. The molecule has 6 nitrogen and oxygen atoms in total. The van der Waals surface area contributed by atoms with Crippen LogP contribution in [-0.4, -0.2) is 55.5 Å². The molecule has 0 aliphatic rings. The van der Waals surface area contributed by atoms with Crippen LogP contribution in [0, 0.1) is 0 Å². The predicted molar refractivity (Wildman–Crippen MR) is 79.8 cm³/mol. The highest BCUT2D eigenvalue weighted by Crippen LogP contribution is 2.13. The zero-order valence-corrected chi connectivity index (χ0v) is 12.4. The topological polar surface area (TPSA) is 78.7 Å². The van der Waals surface area contributed by atoms with Gasteiger partial charge in [0.1, 0.15) is 0 Å². The molecule has 0 heterocycles. The SMILES string of the molecule is CC(CN)N(C)C(=O)c1cccc(NC(=O)N(C)C)c1. The predicted octanol–water partition coefficient (Wildman–Crippen LogP) is 1.20. The van der Waals surface area contributed by atoms with Gasteiger partial charge in [-0.15, -0.1) is 0 Å². The van der Waals surface area contributed by atoms with Gasteiger partial charge in [-0.05, 0) is 25.1 Å². The van der Waals surface area contributed by atoms with Gasteiger partial charge >= 0.3 is 6.03 Å². The molecule has 0 aliphatic heterocycles. The van der Waals surface area contributed by atoms with Gasteiger partial charge in [0.05, 0.1) is 0 Å². The maximum atomic E-state index is 12.3. The van der Waals surface area contributed by atoms with E-state index in [0.29, 0.717) is 17.8 Å². The van der Waals surface area contributed by atoms with Gasteiger partial charge in [-0.2, -0.15) is 0 Å². The monoisotopic (exact) mass is 278 g/mol. The number of nitrogens with zero attached hydrogens (tertiary/aromatic N) is 2. The third kappa shape index (κ3) is 3.96. The minimum Gasteiger partial charge on any atom is -0.338 e. The smallest absolute Gasteiger partial charge is 0.321 e. The number of hydrogen-bond acceptors (Lipinski definition) is 3. The Bertz CT molecular complexity index is 488. The van der Waals surface area contributed by atoms with Crippen molar-refractivity contribution in [3.8, 4) is 0 Å². The van der Waals surface area contributed by atoms with Crippen LogP contribution in [-0.2, 0) is 0 Å². The molecule has 0 fully saturated rings. The fourth-order valence-corrected chi connectivity index (χ4v) is 1.53. The molecule has 0 spiro atoms. The highest BCUT2D eigenvalue weighted by atomic mass is 16.2. The lowest BCUT2D eigenvalue weighted by atomic mass is 10.1. The molecule has 1 rings (SSSR count). The van der Waals surface area contributed by atoms with Crippen LogP contribution in [0.3, 0.4) is 0 Å². The number of benzene rings is 1. The number of carbonyl (C=O) groups excluding carboxylic acids is 2. The van der Waals surface area contributed by atoms with Gasteiger partial charge in [-0.25, -0.2) is 4.79 Å². The van der Waals surface area contributed by atoms with Gasteiger partial charge < -0.3 is 20.9 Å². The molecule has 0 aromatic heterocycles. The van der Waals surface area contributed by atoms with E-state index in [1.807, 2.05) is 6.92 Å². The Morgan fingerprint density at radius 3 is 2.50 bits per heavy atom. The van der Waals surface area contributed by atoms with E-state index in [-0.39, 0.29) is 18.0 Å². The summed E-state index contributed by atoms with van der Waals surface area (Å²) in [5.74, 6) is -0.121. The van der Waals surface area contributed by atoms with Crippen LogP contribution in [0.5, 0.6) is 0 Å². The summed E-state index contributed by atoms with van der Waals surface area (Å²) in [6, 6.07) is 6.57. The first kappa shape index (κ1) is 16.0. The molecule has 1 atom stereocenters. The first-order valence-electron chi connectivity index (χ1n) is 6.42. The number of hydrogen-bond donors (Lipinski definition) is 2. The Morgan fingerprint density at radius 1 is 1.30 bits per heavy atom. The molecule has 6 heteroatoms. The van der Waals surface area contributed by atoms with Crippen molar-refractivity contribution in [2.45, 2.75) is 13.0 Å². The number of urea groups is 1. The minimum atomic E-state index is -0.238. The van der Waals surface area contributed by atoms with Gasteiger partial charge in [0.15, 0.2) is 0 Å². The van der Waals surface area contributed by atoms with E-state index < -0.39 is 0 Å². The normalized spacial score (nSPS) is 11.7. The lowest BCUT2D eigenvalue weighted by Gasteiger charge is -2.24. The van der Waals surface area contributed by atoms with Crippen LogP contribution in [0.4, 0.5) is 10.5 Å². The zero-order valence-electron chi connectivity index (χ0n) is 12.4. The highest BCUT2D eigenvalue weighted by molar-refractivity contribution is 5.96. The Kier molecular flexibility index (Phi) is 5.52. The maximum Gasteiger partial charge on any atom is 0.321 e. The van der Waals surface area contributed by atoms with E-state index in [4.69, 9.17) is 5.73 Å². The molecule has 20 heavy (non-hydrogen) atoms. The zero-order chi connectivity index (χ0) is 15.3. The first-order valence-corrected chi connectivity index (χ1v) is 6.42. The second-order valence-electron chi connectivity index (χ2n) is 4.91. The molecule has 1 aromatic rings. The molecule has 0 bridgehead atoms. The summed E-state index contributed by atoms with van der Waals surface area (Å²) in [6.07, 6.45) is 0. The van der Waals surface area contributed by atoms with E-state index >= 15 is 0 Å². The van der Waals surface area contributed by atoms with Crippen LogP contribution in [0.2, 0.25) is 0 Å². The van der Waals surface area contributed by atoms with Crippen molar-refractivity contribution in [1.82, 2.24) is 9.80 Å². The van der Waals surface area contributed by atoms with Crippen molar-refractivity contribution in [1.29, 1.82) is 0 Å². The van der Waals surface area contributed by atoms with E-state index in [2.05, 4.69) is 5.32 Å². The van der Waals surface area contributed by atoms with E-state index in [9.17, 15) is 9.59 Å². The lowest BCUT2D eigenvalue weighted by Crippen LogP contribution is -2.39. The van der Waals surface area contributed by atoms with Crippen LogP contribution < -0.4 is 11.1 Å². The van der Waals surface area contributed by atoms with Crippen molar-refractivity contribution in [3.63, 3.8) is 0 Å². The average molecular weight is 278 g/mol. The summed E-state index contributed by atoms with van der Waals surface area (Å²) in [7, 11) is 5.02. The molecule has 3 amide bonds. The molecule has 0 aliphatic carbocycles. The summed E-state index contributed by atoms with van der Waals surface area (Å²) < 4.78 is 0. The number of nitrogens with two attached hydrogens (primary N) is 1. The molecule has 110 valence electrons. The van der Waals surface area contributed by atoms with Gasteiger partial charge in [0, 0.05) is 45.0 Å². The third-order valence-electron chi connectivity index (χ3n) is 3.09. The summed E-state index contributed by atoms with van der Waals surface area (Å²) in [4.78, 5) is 26.9. The number of nitrogens with one attached hydrogen (secondary N) is 1. The van der Waals surface area contributed by atoms with Crippen LogP contribution in [0.15, 0.2) is 24.3 Å². The number of anilines is 1. The van der Waals surface area contributed by atoms with Gasteiger partial charge in [-0.3, -0.25) is 4.79 Å². The van der Waals surface area contributed by atoms with E-state index in [1.165, 1.54) is 4.90 Å². The number of amides is 3. The quantitative estimate of drug-likeness (QED) is 0.868. The van der Waals surface area contributed by atoms with E-state index in [1.54, 1.807) is 50.3 Å². The lowest BCUT2D eigenvalue weighted by molar-refractivity contribution is 0.0748. The molecule has 3 N–H and O–H groups in total. The fraction of sp³-hybridized carbons (Fsp3) is 0.429. The molecule has 0 radical (unpaired) electrons. The standard InChI is InChI=1S/C14H22N4O2/c1-10(9-15)18(4)13(19)11-6-5-7-12(8-11)16-14(20)17(2)3/h5-8,10H,9,15H2,1-4H3,(H,16,20). The highest BCUT2D eigenvalue weighted by Gasteiger charge is 2.16. The van der Waals surface area contributed by atoms with Crippen molar-refractivity contribution < 1.29 is 9.59 Å². The summed E-state index contributed by atoms with van der Waals surface area (Å²) >= 11 is 0. The first-order chi connectivity index (χ1) is 9.36. The van der Waals surface area contributed by atoms with Crippen molar-refractivity contribution in [2.24, 2.45) is 5.73 Å². The number of rotatable bonds is 4. The molecule has 0 saturated heterocycles. The van der Waals surface area contributed by atoms with Crippen LogP contribution >= 0.6 is 0 Å². The second kappa shape index (κ2) is 6.91. The van der Waals surface area contributed by atoms with Crippen LogP contribution in [0.1, 0.15) is 17.3 Å². The van der Waals surface area contributed by atoms with Crippen molar-refractivity contribution in [3.05, 3.63) is 29.8 Å². The fourth-order valence-electron chi connectivity index (χ4n) is 1.53. The van der Waals surface area contributed by atoms with E-state index in [0.717, 1.165) is 0 Å². The Balaban J connectivity index is 2.87. The summed E-state index contributed by atoms with van der Waals surface area (Å²) in [5.41, 5.74) is 6.67. The van der Waals surface area contributed by atoms with Gasteiger partial charge in [0.25, 0.3) is 5.91 Å². The Hall–Kier alpha value is -2.08. The van der Waals surface area contributed by atoms with Gasteiger partial charge in [0.2, 0.25) is 0 Å². The number of carbonyl (C=O) groups is 2. The molecular formula is C14H22N4O2. The molecule has 1 aromatic carbocycles. The number of likely N-dealkylation sites (N-methyl/N-ethyl adjacent to an activating group) is 1. The van der Waals surface area contributed by atoms with Crippen molar-refractivity contribution in [2.75, 3.05) is 33.0 Å². The largest absolute Gasteiger partial charge is 0.338 e. The van der Waals surface area contributed by atoms with Crippen molar-refractivity contribution >= 4 is 17.6 Å². The molecular weight excluding hydrogens is 256 g/mol. The molecule has 0 saturated carbocycles. The third-order valence-corrected chi connectivity index (χ3v) is 3.09. The Morgan fingerprint density at radius 2 is 1.95 bits per heavy atom. The Labute approximate surface area is 119 Å². The summed E-state index contributed by atoms with van der Waals surface area (Å²) in [5, 5.41) is 2.71. The average Bonchev–Trinajstić information content (AvgIpc) is 2.44.